The van der Waals surface area contributed by atoms with E-state index < -0.39 is 0 Å². The van der Waals surface area contributed by atoms with Crippen molar-refractivity contribution < 1.29 is 14.3 Å². The van der Waals surface area contributed by atoms with Gasteiger partial charge in [0, 0.05) is 12.0 Å². The molecule has 0 bridgehead atoms. The number of halogens is 1. The Balaban J connectivity index is 2.98. The molecule has 1 N–H and O–H groups in total. The Labute approximate surface area is 140 Å². The summed E-state index contributed by atoms with van der Waals surface area (Å²) in [5, 5.41) is 2.83. The molecule has 1 rings (SSSR count). The third kappa shape index (κ3) is 5.44. The SMILES string of the molecule is CCCC(=O)Nc1ccc(C(=O)C(Br)CCC)cc1OCC. The van der Waals surface area contributed by atoms with E-state index in [1.807, 2.05) is 20.8 Å². The minimum Gasteiger partial charge on any atom is -0.492 e. The number of hydrogen-bond acceptors (Lipinski definition) is 3. The molecule has 122 valence electrons. The highest BCUT2D eigenvalue weighted by molar-refractivity contribution is 9.10. The largest absolute Gasteiger partial charge is 0.492 e. The van der Waals surface area contributed by atoms with E-state index in [2.05, 4.69) is 21.2 Å². The molecule has 0 spiro atoms. The van der Waals surface area contributed by atoms with Gasteiger partial charge in [0.25, 0.3) is 0 Å². The summed E-state index contributed by atoms with van der Waals surface area (Å²) in [5.74, 6) is 0.523. The van der Waals surface area contributed by atoms with Crippen LogP contribution in [-0.4, -0.2) is 23.1 Å². The molecule has 0 radical (unpaired) electrons. The van der Waals surface area contributed by atoms with Crippen molar-refractivity contribution in [3.05, 3.63) is 23.8 Å². The van der Waals surface area contributed by atoms with Gasteiger partial charge in [-0.2, -0.15) is 0 Å². The van der Waals surface area contributed by atoms with Crippen LogP contribution in [0, 0.1) is 0 Å². The summed E-state index contributed by atoms with van der Waals surface area (Å²) in [7, 11) is 0. The molecule has 1 aromatic carbocycles. The molecule has 0 heterocycles. The highest BCUT2D eigenvalue weighted by Gasteiger charge is 2.18. The van der Waals surface area contributed by atoms with Crippen LogP contribution in [0.4, 0.5) is 5.69 Å². The summed E-state index contributed by atoms with van der Waals surface area (Å²) in [4.78, 5) is 23.9. The van der Waals surface area contributed by atoms with E-state index >= 15 is 0 Å². The highest BCUT2D eigenvalue weighted by Crippen LogP contribution is 2.28. The van der Waals surface area contributed by atoms with Crippen LogP contribution in [-0.2, 0) is 4.79 Å². The second-order valence-corrected chi connectivity index (χ2v) is 6.17. The molecule has 0 saturated carbocycles. The van der Waals surface area contributed by atoms with Crippen LogP contribution in [0.15, 0.2) is 18.2 Å². The summed E-state index contributed by atoms with van der Waals surface area (Å²) in [6.07, 6.45) is 2.98. The van der Waals surface area contributed by atoms with Gasteiger partial charge in [0.1, 0.15) is 5.75 Å². The van der Waals surface area contributed by atoms with Crippen LogP contribution in [0.1, 0.15) is 56.8 Å². The Bertz CT molecular complexity index is 517. The van der Waals surface area contributed by atoms with E-state index in [9.17, 15) is 9.59 Å². The topological polar surface area (TPSA) is 55.4 Å². The summed E-state index contributed by atoms with van der Waals surface area (Å²) < 4.78 is 5.56. The van der Waals surface area contributed by atoms with Crippen LogP contribution >= 0.6 is 15.9 Å². The molecule has 0 aliphatic rings. The molecule has 1 unspecified atom stereocenters. The van der Waals surface area contributed by atoms with E-state index in [0.29, 0.717) is 30.0 Å². The summed E-state index contributed by atoms with van der Waals surface area (Å²) in [5.41, 5.74) is 1.20. The van der Waals surface area contributed by atoms with Gasteiger partial charge in [0.2, 0.25) is 5.91 Å². The van der Waals surface area contributed by atoms with E-state index in [1.165, 1.54) is 0 Å². The molecule has 0 aromatic heterocycles. The van der Waals surface area contributed by atoms with Crippen molar-refractivity contribution in [2.75, 3.05) is 11.9 Å². The number of rotatable bonds is 9. The number of ketones is 1. The quantitative estimate of drug-likeness (QED) is 0.512. The number of amides is 1. The smallest absolute Gasteiger partial charge is 0.224 e. The number of ether oxygens (including phenoxy) is 1. The lowest BCUT2D eigenvalue weighted by molar-refractivity contribution is -0.116. The van der Waals surface area contributed by atoms with Crippen molar-refractivity contribution in [3.63, 3.8) is 0 Å². The van der Waals surface area contributed by atoms with Crippen molar-refractivity contribution in [1.82, 2.24) is 0 Å². The van der Waals surface area contributed by atoms with Gasteiger partial charge in [-0.15, -0.1) is 0 Å². The Morgan fingerprint density at radius 3 is 2.55 bits per heavy atom. The second-order valence-electron chi connectivity index (χ2n) is 5.06. The van der Waals surface area contributed by atoms with Gasteiger partial charge in [-0.1, -0.05) is 36.2 Å². The first-order valence-corrected chi connectivity index (χ1v) is 8.69. The van der Waals surface area contributed by atoms with Gasteiger partial charge < -0.3 is 10.1 Å². The number of alkyl halides is 1. The van der Waals surface area contributed by atoms with Crippen molar-refractivity contribution in [2.45, 2.75) is 51.3 Å². The van der Waals surface area contributed by atoms with Crippen molar-refractivity contribution in [3.8, 4) is 5.75 Å². The molecule has 5 heteroatoms. The van der Waals surface area contributed by atoms with Gasteiger partial charge in [0.15, 0.2) is 5.78 Å². The van der Waals surface area contributed by atoms with Crippen molar-refractivity contribution in [2.24, 2.45) is 0 Å². The number of Topliss-reactive ketones (excluding diaryl/α,β-unsaturated/α-hetero) is 1. The molecule has 0 saturated heterocycles. The molecule has 1 aromatic rings. The van der Waals surface area contributed by atoms with Crippen molar-refractivity contribution >= 4 is 33.3 Å². The first-order valence-electron chi connectivity index (χ1n) is 7.78. The monoisotopic (exact) mass is 369 g/mol. The normalized spacial score (nSPS) is 11.8. The van der Waals surface area contributed by atoms with Crippen LogP contribution in [0.2, 0.25) is 0 Å². The molecule has 0 aliphatic carbocycles. The molecular weight excluding hydrogens is 346 g/mol. The number of nitrogens with one attached hydrogen (secondary N) is 1. The zero-order valence-electron chi connectivity index (χ0n) is 13.4. The van der Waals surface area contributed by atoms with Gasteiger partial charge in [0.05, 0.1) is 17.1 Å². The van der Waals surface area contributed by atoms with E-state index in [0.717, 1.165) is 19.3 Å². The Kier molecular flexibility index (Phi) is 8.17. The van der Waals surface area contributed by atoms with E-state index in [-0.39, 0.29) is 16.5 Å². The minimum atomic E-state index is -0.187. The molecule has 0 aliphatic heterocycles. The predicted molar refractivity (Wildman–Crippen MR) is 93.1 cm³/mol. The van der Waals surface area contributed by atoms with Gasteiger partial charge in [-0.25, -0.2) is 0 Å². The maximum atomic E-state index is 12.3. The first kappa shape index (κ1) is 18.7. The van der Waals surface area contributed by atoms with Crippen LogP contribution in [0.3, 0.4) is 0 Å². The van der Waals surface area contributed by atoms with Crippen LogP contribution in [0.25, 0.3) is 0 Å². The second kappa shape index (κ2) is 9.62. The number of carbonyl (C=O) groups is 2. The molecule has 0 fully saturated rings. The molecular formula is C17H24BrNO3. The van der Waals surface area contributed by atoms with Gasteiger partial charge in [-0.3, -0.25) is 9.59 Å². The third-order valence-corrected chi connectivity index (χ3v) is 4.02. The number of carbonyl (C=O) groups excluding carboxylic acids is 2. The van der Waals surface area contributed by atoms with Crippen LogP contribution < -0.4 is 10.1 Å². The number of anilines is 1. The minimum absolute atomic E-state index is 0.0363. The van der Waals surface area contributed by atoms with Gasteiger partial charge >= 0.3 is 0 Å². The van der Waals surface area contributed by atoms with E-state index in [1.54, 1.807) is 18.2 Å². The van der Waals surface area contributed by atoms with Gasteiger partial charge in [-0.05, 0) is 38.0 Å². The molecule has 1 atom stereocenters. The standard InChI is InChI=1S/C17H24BrNO3/c1-4-7-13(18)17(21)12-9-10-14(15(11-12)22-6-3)19-16(20)8-5-2/h9-11,13H,4-8H2,1-3H3,(H,19,20). The molecule has 22 heavy (non-hydrogen) atoms. The zero-order valence-corrected chi connectivity index (χ0v) is 15.0. The summed E-state index contributed by atoms with van der Waals surface area (Å²) >= 11 is 3.42. The fraction of sp³-hybridized carbons (Fsp3) is 0.529. The Morgan fingerprint density at radius 2 is 1.95 bits per heavy atom. The first-order chi connectivity index (χ1) is 10.5. The fourth-order valence-electron chi connectivity index (χ4n) is 2.06. The van der Waals surface area contributed by atoms with Crippen molar-refractivity contribution in [1.29, 1.82) is 0 Å². The van der Waals surface area contributed by atoms with Crippen LogP contribution in [0.5, 0.6) is 5.75 Å². The summed E-state index contributed by atoms with van der Waals surface area (Å²) in [6.45, 7) is 6.34. The summed E-state index contributed by atoms with van der Waals surface area (Å²) in [6, 6.07) is 5.17. The number of hydrogen-bond donors (Lipinski definition) is 1. The highest BCUT2D eigenvalue weighted by atomic mass is 79.9. The fourth-order valence-corrected chi connectivity index (χ4v) is 2.78. The maximum absolute atomic E-state index is 12.3. The zero-order chi connectivity index (χ0) is 16.5. The molecule has 1 amide bonds. The van der Waals surface area contributed by atoms with E-state index in [4.69, 9.17) is 4.74 Å². The lowest BCUT2D eigenvalue weighted by Crippen LogP contribution is -2.15. The number of benzene rings is 1. The third-order valence-electron chi connectivity index (χ3n) is 3.14. The molecule has 4 nitrogen and oxygen atoms in total. The Morgan fingerprint density at radius 1 is 1.23 bits per heavy atom. The lowest BCUT2D eigenvalue weighted by Gasteiger charge is -2.14. The maximum Gasteiger partial charge on any atom is 0.224 e. The lowest BCUT2D eigenvalue weighted by atomic mass is 10.0. The average molecular weight is 370 g/mol. The predicted octanol–water partition coefficient (Wildman–Crippen LogP) is 4.57. The average Bonchev–Trinajstić information content (AvgIpc) is 2.49. The Hall–Kier alpha value is -1.36.